The first-order valence-corrected chi connectivity index (χ1v) is 7.79. The van der Waals surface area contributed by atoms with Gasteiger partial charge in [-0.05, 0) is 48.0 Å². The molecule has 3 rings (SSSR count). The van der Waals surface area contributed by atoms with Gasteiger partial charge in [0.25, 0.3) is 0 Å². The smallest absolute Gasteiger partial charge is 0.159 e. The Bertz CT molecular complexity index is 492. The largest absolute Gasteiger partial charge is 0.396 e. The normalized spacial score (nSPS) is 44.6. The van der Waals surface area contributed by atoms with Crippen molar-refractivity contribution in [2.45, 2.75) is 52.4 Å². The maximum absolute atomic E-state index is 12.5. The van der Waals surface area contributed by atoms with E-state index in [9.17, 15) is 14.7 Å². The quantitative estimate of drug-likeness (QED) is 0.801. The molecule has 0 unspecified atom stereocenters. The molecule has 0 aromatic heterocycles. The molecule has 2 saturated carbocycles. The van der Waals surface area contributed by atoms with Gasteiger partial charge in [0.2, 0.25) is 0 Å². The lowest BCUT2D eigenvalue weighted by atomic mass is 9.46. The minimum atomic E-state index is -0.143. The molecule has 1 N–H and O–H groups in total. The topological polar surface area (TPSA) is 54.4 Å². The van der Waals surface area contributed by atoms with Gasteiger partial charge in [0, 0.05) is 25.0 Å². The zero-order chi connectivity index (χ0) is 14.5. The molecule has 3 aliphatic carbocycles. The Morgan fingerprint density at radius 2 is 2.05 bits per heavy atom. The molecule has 20 heavy (non-hydrogen) atoms. The molecule has 4 atom stereocenters. The minimum Gasteiger partial charge on any atom is -0.396 e. The Balaban J connectivity index is 2.05. The van der Waals surface area contributed by atoms with Gasteiger partial charge in [0.1, 0.15) is 0 Å². The number of Topliss-reactive ketones (excluding diaryl/α,β-unsaturated/α-hetero) is 1. The molecule has 0 bridgehead atoms. The van der Waals surface area contributed by atoms with Gasteiger partial charge in [-0.2, -0.15) is 0 Å². The molecule has 3 heteroatoms. The van der Waals surface area contributed by atoms with E-state index in [2.05, 4.69) is 13.8 Å². The van der Waals surface area contributed by atoms with Crippen LogP contribution in [0.25, 0.3) is 0 Å². The number of carbonyl (C=O) groups excluding carboxylic acids is 2. The number of allylic oxidation sites excluding steroid dienone is 2. The summed E-state index contributed by atoms with van der Waals surface area (Å²) < 4.78 is 0. The third kappa shape index (κ3) is 1.82. The lowest BCUT2D eigenvalue weighted by molar-refractivity contribution is -0.136. The number of hydrogen-bond acceptors (Lipinski definition) is 3. The van der Waals surface area contributed by atoms with Crippen LogP contribution in [-0.4, -0.2) is 23.3 Å². The lowest BCUT2D eigenvalue weighted by Crippen LogP contribution is -2.54. The van der Waals surface area contributed by atoms with Crippen LogP contribution in [0.15, 0.2) is 11.6 Å². The number of carbonyl (C=O) groups is 2. The van der Waals surface area contributed by atoms with Crippen LogP contribution in [0.2, 0.25) is 0 Å². The van der Waals surface area contributed by atoms with Gasteiger partial charge in [-0.3, -0.25) is 9.59 Å². The SMILES string of the molecule is C[C@@]1(CO)CCC[C@]2(C)[C@H]3CCC(=O)C=C3C(=O)C[C@@H]12. The summed E-state index contributed by atoms with van der Waals surface area (Å²) in [7, 11) is 0. The van der Waals surface area contributed by atoms with Crippen molar-refractivity contribution >= 4 is 11.6 Å². The second-order valence-electron chi connectivity index (χ2n) is 7.51. The van der Waals surface area contributed by atoms with E-state index in [1.165, 1.54) is 0 Å². The van der Waals surface area contributed by atoms with Gasteiger partial charge < -0.3 is 5.11 Å². The van der Waals surface area contributed by atoms with Crippen LogP contribution in [-0.2, 0) is 9.59 Å². The fourth-order valence-electron chi connectivity index (χ4n) is 5.15. The predicted octanol–water partition coefficient (Wildman–Crippen LogP) is 2.67. The second-order valence-corrected chi connectivity index (χ2v) is 7.51. The van der Waals surface area contributed by atoms with Crippen LogP contribution in [0.5, 0.6) is 0 Å². The summed E-state index contributed by atoms with van der Waals surface area (Å²) in [6.45, 7) is 4.57. The summed E-state index contributed by atoms with van der Waals surface area (Å²) in [5, 5.41) is 9.85. The Morgan fingerprint density at radius 3 is 2.75 bits per heavy atom. The Hall–Kier alpha value is -0.960. The zero-order valence-corrected chi connectivity index (χ0v) is 12.4. The maximum Gasteiger partial charge on any atom is 0.159 e. The van der Waals surface area contributed by atoms with E-state index >= 15 is 0 Å². The van der Waals surface area contributed by atoms with Crippen molar-refractivity contribution in [2.24, 2.45) is 22.7 Å². The van der Waals surface area contributed by atoms with Gasteiger partial charge in [-0.1, -0.05) is 20.3 Å². The van der Waals surface area contributed by atoms with E-state index in [0.717, 1.165) is 31.3 Å². The van der Waals surface area contributed by atoms with E-state index in [0.29, 0.717) is 12.8 Å². The molecule has 0 aromatic carbocycles. The molecule has 0 radical (unpaired) electrons. The van der Waals surface area contributed by atoms with Crippen LogP contribution in [0.4, 0.5) is 0 Å². The van der Waals surface area contributed by atoms with Gasteiger partial charge in [-0.15, -0.1) is 0 Å². The third-order valence-electron chi connectivity index (χ3n) is 6.34. The predicted molar refractivity (Wildman–Crippen MR) is 76.1 cm³/mol. The Kier molecular flexibility index (Phi) is 3.16. The highest BCUT2D eigenvalue weighted by molar-refractivity contribution is 6.05. The minimum absolute atomic E-state index is 0.0656. The van der Waals surface area contributed by atoms with Crippen molar-refractivity contribution < 1.29 is 14.7 Å². The van der Waals surface area contributed by atoms with Gasteiger partial charge in [-0.25, -0.2) is 0 Å². The molecule has 3 nitrogen and oxygen atoms in total. The van der Waals surface area contributed by atoms with Crippen molar-refractivity contribution in [1.29, 1.82) is 0 Å². The zero-order valence-electron chi connectivity index (χ0n) is 12.4. The molecule has 3 aliphatic rings. The van der Waals surface area contributed by atoms with E-state index in [4.69, 9.17) is 0 Å². The average molecular weight is 276 g/mol. The molecule has 0 spiro atoms. The second kappa shape index (κ2) is 4.52. The summed E-state index contributed by atoms with van der Waals surface area (Å²) in [4.78, 5) is 24.1. The van der Waals surface area contributed by atoms with Crippen LogP contribution < -0.4 is 0 Å². The number of ketones is 2. The van der Waals surface area contributed by atoms with E-state index < -0.39 is 0 Å². The lowest BCUT2D eigenvalue weighted by Gasteiger charge is -2.58. The number of rotatable bonds is 1. The first-order valence-electron chi connectivity index (χ1n) is 7.79. The highest BCUT2D eigenvalue weighted by Gasteiger charge is 2.57. The molecule has 0 aliphatic heterocycles. The van der Waals surface area contributed by atoms with Gasteiger partial charge in [0.15, 0.2) is 11.6 Å². The molecule has 0 aromatic rings. The number of aliphatic hydroxyl groups excluding tert-OH is 1. The van der Waals surface area contributed by atoms with Crippen molar-refractivity contribution in [3.8, 4) is 0 Å². The van der Waals surface area contributed by atoms with Crippen molar-refractivity contribution in [3.63, 3.8) is 0 Å². The van der Waals surface area contributed by atoms with Crippen molar-refractivity contribution in [2.75, 3.05) is 6.61 Å². The standard InChI is InChI=1S/C17H24O3/c1-16(10-18)6-3-7-17(2)13-5-4-11(19)8-12(13)14(20)9-15(16)17/h8,13,15,18H,3-7,9-10H2,1-2H3/t13-,15-,16-,17+/m0/s1. The van der Waals surface area contributed by atoms with Gasteiger partial charge >= 0.3 is 0 Å². The van der Waals surface area contributed by atoms with Crippen LogP contribution in [0.3, 0.4) is 0 Å². The van der Waals surface area contributed by atoms with Crippen molar-refractivity contribution in [3.05, 3.63) is 11.6 Å². The highest BCUT2D eigenvalue weighted by Crippen LogP contribution is 2.61. The number of hydrogen-bond donors (Lipinski definition) is 1. The Labute approximate surface area is 120 Å². The monoisotopic (exact) mass is 276 g/mol. The third-order valence-corrected chi connectivity index (χ3v) is 6.34. The molecule has 0 saturated heterocycles. The summed E-state index contributed by atoms with van der Waals surface area (Å²) in [5.74, 6) is 0.716. The van der Waals surface area contributed by atoms with Crippen LogP contribution in [0, 0.1) is 22.7 Å². The first-order chi connectivity index (χ1) is 9.40. The number of fused-ring (bicyclic) bond motifs is 3. The van der Waals surface area contributed by atoms with E-state index in [1.54, 1.807) is 6.08 Å². The summed E-state index contributed by atoms with van der Waals surface area (Å²) in [5.41, 5.74) is 0.702. The molecule has 110 valence electrons. The fraction of sp³-hybridized carbons (Fsp3) is 0.765. The maximum atomic E-state index is 12.5. The fourth-order valence-corrected chi connectivity index (χ4v) is 5.15. The molecular formula is C17H24O3. The van der Waals surface area contributed by atoms with Crippen LogP contribution >= 0.6 is 0 Å². The van der Waals surface area contributed by atoms with E-state index in [-0.39, 0.29) is 40.8 Å². The highest BCUT2D eigenvalue weighted by atomic mass is 16.3. The number of aliphatic hydroxyl groups is 1. The van der Waals surface area contributed by atoms with Crippen LogP contribution in [0.1, 0.15) is 52.4 Å². The summed E-state index contributed by atoms with van der Waals surface area (Å²) in [6.07, 6.45) is 6.71. The molecule has 0 amide bonds. The van der Waals surface area contributed by atoms with Crippen molar-refractivity contribution in [1.82, 2.24) is 0 Å². The summed E-state index contributed by atoms with van der Waals surface area (Å²) >= 11 is 0. The first kappa shape index (κ1) is 14.0. The molecule has 2 fully saturated rings. The van der Waals surface area contributed by atoms with Gasteiger partial charge in [0.05, 0.1) is 0 Å². The average Bonchev–Trinajstić information content (AvgIpc) is 2.42. The molecular weight excluding hydrogens is 252 g/mol. The molecule has 0 heterocycles. The Morgan fingerprint density at radius 1 is 1.30 bits per heavy atom. The van der Waals surface area contributed by atoms with E-state index in [1.807, 2.05) is 0 Å². The summed E-state index contributed by atoms with van der Waals surface area (Å²) in [6, 6.07) is 0.